The van der Waals surface area contributed by atoms with E-state index in [1.807, 2.05) is 0 Å². The van der Waals surface area contributed by atoms with Gasteiger partial charge in [0.25, 0.3) is 0 Å². The minimum Gasteiger partial charge on any atom is -0.347 e. The molecule has 148 valence electrons. The molecule has 3 heterocycles. The topological polar surface area (TPSA) is 21.1 Å². The van der Waals surface area contributed by atoms with Crippen LogP contribution in [0.15, 0.2) is 66.9 Å². The lowest BCUT2D eigenvalue weighted by Crippen LogP contribution is -2.27. The minimum absolute atomic E-state index is 0.947. The van der Waals surface area contributed by atoms with Crippen LogP contribution in [-0.2, 0) is 19.5 Å². The fourth-order valence-electron chi connectivity index (χ4n) is 5.17. The molecular formula is C27H25N3. The molecule has 1 aliphatic rings. The van der Waals surface area contributed by atoms with Crippen molar-refractivity contribution in [3.63, 3.8) is 0 Å². The zero-order valence-electron chi connectivity index (χ0n) is 17.5. The van der Waals surface area contributed by atoms with Gasteiger partial charge in [-0.1, -0.05) is 48.5 Å². The molecule has 0 unspecified atom stereocenters. The van der Waals surface area contributed by atoms with Crippen molar-refractivity contribution in [3.05, 3.63) is 78.0 Å². The summed E-state index contributed by atoms with van der Waals surface area (Å²) in [5.41, 5.74) is 7.69. The van der Waals surface area contributed by atoms with Gasteiger partial charge in [-0.3, -0.25) is 0 Å². The third-order valence-electron chi connectivity index (χ3n) is 6.65. The molecule has 0 saturated carbocycles. The molecule has 0 saturated heterocycles. The molecule has 0 atom stereocenters. The van der Waals surface area contributed by atoms with Gasteiger partial charge >= 0.3 is 0 Å². The Hall–Kier alpha value is -3.17. The molecule has 1 aliphatic heterocycles. The first kappa shape index (κ1) is 17.7. The molecule has 0 N–H and O–H groups in total. The van der Waals surface area contributed by atoms with E-state index < -0.39 is 0 Å². The minimum atomic E-state index is 0.947. The van der Waals surface area contributed by atoms with Crippen LogP contribution in [0.25, 0.3) is 43.8 Å². The highest BCUT2D eigenvalue weighted by atomic mass is 15.1. The molecule has 0 spiro atoms. The van der Waals surface area contributed by atoms with E-state index in [-0.39, 0.29) is 0 Å². The zero-order chi connectivity index (χ0) is 20.2. The Bertz CT molecular complexity index is 1430. The maximum Gasteiger partial charge on any atom is 0.0779 e. The average molecular weight is 392 g/mol. The van der Waals surface area contributed by atoms with Crippen molar-refractivity contribution in [3.8, 4) is 11.3 Å². The van der Waals surface area contributed by atoms with Gasteiger partial charge in [-0.05, 0) is 54.4 Å². The molecule has 3 heteroatoms. The average Bonchev–Trinajstić information content (AvgIpc) is 3.17. The van der Waals surface area contributed by atoms with Gasteiger partial charge in [-0.25, -0.2) is 4.98 Å². The largest absolute Gasteiger partial charge is 0.347 e. The van der Waals surface area contributed by atoms with E-state index >= 15 is 0 Å². The van der Waals surface area contributed by atoms with Gasteiger partial charge in [0.2, 0.25) is 0 Å². The molecule has 5 aromatic rings. The second kappa shape index (κ2) is 6.68. The standard InChI is InChI=1S/C27H25N3/c1-3-30-17-23(20-10-6-7-11-25(20)30)27-22-16-29(2)15-14-21(22)26-19-9-5-4-8-18(19)12-13-24(26)28-27/h4-13,17H,3,14-16H2,1-2H3. The first-order valence-electron chi connectivity index (χ1n) is 10.8. The van der Waals surface area contributed by atoms with Crippen LogP contribution in [0.1, 0.15) is 18.1 Å². The molecule has 0 fully saturated rings. The van der Waals surface area contributed by atoms with Gasteiger partial charge in [0, 0.05) is 47.7 Å². The number of fused-ring (bicyclic) bond motifs is 6. The maximum absolute atomic E-state index is 5.30. The number of para-hydroxylation sites is 1. The predicted molar refractivity (Wildman–Crippen MR) is 126 cm³/mol. The third-order valence-corrected chi connectivity index (χ3v) is 6.65. The van der Waals surface area contributed by atoms with E-state index in [2.05, 4.69) is 90.3 Å². The number of aromatic nitrogens is 2. The fourth-order valence-corrected chi connectivity index (χ4v) is 5.17. The van der Waals surface area contributed by atoms with Gasteiger partial charge in [0.1, 0.15) is 0 Å². The number of benzene rings is 3. The van der Waals surface area contributed by atoms with Crippen LogP contribution in [-0.4, -0.2) is 28.0 Å². The van der Waals surface area contributed by atoms with Crippen molar-refractivity contribution in [1.29, 1.82) is 0 Å². The summed E-state index contributed by atoms with van der Waals surface area (Å²) in [6.07, 6.45) is 3.37. The molecule has 0 bridgehead atoms. The zero-order valence-corrected chi connectivity index (χ0v) is 17.5. The van der Waals surface area contributed by atoms with E-state index in [0.29, 0.717) is 0 Å². The summed E-state index contributed by atoms with van der Waals surface area (Å²) in [4.78, 5) is 7.72. The Morgan fingerprint density at radius 2 is 1.70 bits per heavy atom. The van der Waals surface area contributed by atoms with E-state index in [1.54, 1.807) is 0 Å². The van der Waals surface area contributed by atoms with Crippen molar-refractivity contribution in [1.82, 2.24) is 14.5 Å². The summed E-state index contributed by atoms with van der Waals surface area (Å²) < 4.78 is 2.34. The first-order chi connectivity index (χ1) is 14.7. The first-order valence-corrected chi connectivity index (χ1v) is 10.8. The summed E-state index contributed by atoms with van der Waals surface area (Å²) in [5, 5.41) is 5.26. The Labute approximate surface area is 176 Å². The van der Waals surface area contributed by atoms with Gasteiger partial charge in [-0.15, -0.1) is 0 Å². The number of nitrogens with zero attached hydrogens (tertiary/aromatic N) is 3. The van der Waals surface area contributed by atoms with Crippen molar-refractivity contribution in [2.75, 3.05) is 13.6 Å². The molecule has 0 amide bonds. The van der Waals surface area contributed by atoms with Crippen LogP contribution in [0.3, 0.4) is 0 Å². The fraction of sp³-hybridized carbons (Fsp3) is 0.222. The smallest absolute Gasteiger partial charge is 0.0779 e. The number of likely N-dealkylation sites (N-methyl/N-ethyl adjacent to an activating group) is 1. The summed E-state index contributed by atoms with van der Waals surface area (Å²) >= 11 is 0. The maximum atomic E-state index is 5.30. The molecule has 6 rings (SSSR count). The summed E-state index contributed by atoms with van der Waals surface area (Å²) in [7, 11) is 2.22. The van der Waals surface area contributed by atoms with E-state index in [9.17, 15) is 0 Å². The second-order valence-corrected chi connectivity index (χ2v) is 8.43. The van der Waals surface area contributed by atoms with Crippen LogP contribution in [0.2, 0.25) is 0 Å². The van der Waals surface area contributed by atoms with Crippen molar-refractivity contribution in [2.45, 2.75) is 26.4 Å². The quantitative estimate of drug-likeness (QED) is 0.343. The molecular weight excluding hydrogens is 366 g/mol. The molecule has 2 aromatic heterocycles. The van der Waals surface area contributed by atoms with Crippen LogP contribution < -0.4 is 0 Å². The number of aryl methyl sites for hydroxylation is 1. The molecule has 0 aliphatic carbocycles. The van der Waals surface area contributed by atoms with Crippen LogP contribution in [0, 0.1) is 0 Å². The van der Waals surface area contributed by atoms with Crippen LogP contribution in [0.5, 0.6) is 0 Å². The molecule has 30 heavy (non-hydrogen) atoms. The molecule has 3 nitrogen and oxygen atoms in total. The summed E-state index contributed by atoms with van der Waals surface area (Å²) in [5.74, 6) is 0. The van der Waals surface area contributed by atoms with E-state index in [1.165, 1.54) is 43.8 Å². The number of rotatable bonds is 2. The van der Waals surface area contributed by atoms with Gasteiger partial charge in [0.05, 0.1) is 11.2 Å². The van der Waals surface area contributed by atoms with Crippen LogP contribution >= 0.6 is 0 Å². The van der Waals surface area contributed by atoms with E-state index in [0.717, 1.165) is 37.3 Å². The number of hydrogen-bond acceptors (Lipinski definition) is 2. The Kier molecular flexibility index (Phi) is 3.93. The monoisotopic (exact) mass is 391 g/mol. The Balaban J connectivity index is 1.74. The Morgan fingerprint density at radius 1 is 0.900 bits per heavy atom. The second-order valence-electron chi connectivity index (χ2n) is 8.43. The van der Waals surface area contributed by atoms with Crippen molar-refractivity contribution >= 4 is 32.6 Å². The van der Waals surface area contributed by atoms with Crippen LogP contribution in [0.4, 0.5) is 0 Å². The molecule has 0 radical (unpaired) electrons. The highest BCUT2D eigenvalue weighted by Crippen LogP contribution is 2.39. The molecule has 3 aromatic carbocycles. The van der Waals surface area contributed by atoms with E-state index in [4.69, 9.17) is 4.98 Å². The Morgan fingerprint density at radius 3 is 2.57 bits per heavy atom. The predicted octanol–water partition coefficient (Wildman–Crippen LogP) is 6.02. The highest BCUT2D eigenvalue weighted by molar-refractivity contribution is 6.09. The SMILES string of the molecule is CCn1cc(-c2nc3ccc4ccccc4c3c3c2CN(C)CC3)c2ccccc21. The highest BCUT2D eigenvalue weighted by Gasteiger charge is 2.24. The van der Waals surface area contributed by atoms with Crippen molar-refractivity contribution in [2.24, 2.45) is 0 Å². The van der Waals surface area contributed by atoms with Gasteiger partial charge in [-0.2, -0.15) is 0 Å². The lowest BCUT2D eigenvalue weighted by molar-refractivity contribution is 0.314. The lowest BCUT2D eigenvalue weighted by Gasteiger charge is -2.28. The van der Waals surface area contributed by atoms with Gasteiger partial charge < -0.3 is 9.47 Å². The number of hydrogen-bond donors (Lipinski definition) is 0. The van der Waals surface area contributed by atoms with Crippen molar-refractivity contribution < 1.29 is 0 Å². The number of pyridine rings is 1. The normalized spacial score (nSPS) is 14.6. The third kappa shape index (κ3) is 2.52. The summed E-state index contributed by atoms with van der Waals surface area (Å²) in [6, 6.07) is 21.9. The summed E-state index contributed by atoms with van der Waals surface area (Å²) in [6.45, 7) is 5.20. The van der Waals surface area contributed by atoms with Gasteiger partial charge in [0.15, 0.2) is 0 Å². The lowest BCUT2D eigenvalue weighted by atomic mass is 9.89.